The van der Waals surface area contributed by atoms with E-state index in [1.807, 2.05) is 0 Å². The van der Waals surface area contributed by atoms with Crippen molar-refractivity contribution < 1.29 is 4.74 Å². The Morgan fingerprint density at radius 2 is 2.00 bits per heavy atom. The van der Waals surface area contributed by atoms with E-state index in [1.54, 1.807) is 0 Å². The summed E-state index contributed by atoms with van der Waals surface area (Å²) in [5.41, 5.74) is 4.33. The average molecular weight is 232 g/mol. The van der Waals surface area contributed by atoms with E-state index < -0.39 is 0 Å². The van der Waals surface area contributed by atoms with E-state index >= 15 is 0 Å². The third-order valence-corrected chi connectivity index (χ3v) is 3.83. The molecule has 3 rings (SSSR count). The molecule has 2 aliphatic heterocycles. The van der Waals surface area contributed by atoms with E-state index in [-0.39, 0.29) is 5.41 Å². The smallest absolute Gasteiger partial charge is 0.0642 e. The molecule has 1 fully saturated rings. The molecular formula is C14H20N2O. The van der Waals surface area contributed by atoms with Crippen molar-refractivity contribution in [3.8, 4) is 0 Å². The minimum atomic E-state index is 0.248. The highest BCUT2D eigenvalue weighted by Crippen LogP contribution is 2.38. The first-order valence-corrected chi connectivity index (χ1v) is 6.38. The number of benzene rings is 1. The molecule has 17 heavy (non-hydrogen) atoms. The van der Waals surface area contributed by atoms with Gasteiger partial charge in [-0.1, -0.05) is 13.8 Å². The number of hydrogen-bond acceptors (Lipinski definition) is 3. The number of anilines is 2. The van der Waals surface area contributed by atoms with Crippen LogP contribution in [0, 0.1) is 0 Å². The summed E-state index contributed by atoms with van der Waals surface area (Å²) in [6.07, 6.45) is 0. The zero-order valence-corrected chi connectivity index (χ0v) is 10.6. The van der Waals surface area contributed by atoms with Gasteiger partial charge in [0, 0.05) is 36.4 Å². The second-order valence-corrected chi connectivity index (χ2v) is 5.57. The molecule has 0 spiro atoms. The summed E-state index contributed by atoms with van der Waals surface area (Å²) in [6.45, 7) is 9.34. The Morgan fingerprint density at radius 3 is 2.76 bits per heavy atom. The summed E-state index contributed by atoms with van der Waals surface area (Å²) in [5, 5.41) is 3.48. The number of fused-ring (bicyclic) bond motifs is 1. The van der Waals surface area contributed by atoms with Crippen molar-refractivity contribution in [2.45, 2.75) is 19.3 Å². The number of rotatable bonds is 1. The van der Waals surface area contributed by atoms with Gasteiger partial charge in [0.15, 0.2) is 0 Å². The fourth-order valence-electron chi connectivity index (χ4n) is 2.68. The van der Waals surface area contributed by atoms with Gasteiger partial charge in [-0.15, -0.1) is 0 Å². The zero-order valence-electron chi connectivity index (χ0n) is 10.6. The average Bonchev–Trinajstić information content (AvgIpc) is 2.66. The zero-order chi connectivity index (χ0) is 11.9. The molecule has 0 unspecified atom stereocenters. The second-order valence-electron chi connectivity index (χ2n) is 5.57. The van der Waals surface area contributed by atoms with E-state index in [0.29, 0.717) is 0 Å². The van der Waals surface area contributed by atoms with Crippen LogP contribution in [0.4, 0.5) is 11.4 Å². The SMILES string of the molecule is CC1(C)CNc2ccc(N3CCOCC3)cc21. The molecule has 0 aliphatic carbocycles. The normalized spacial score (nSPS) is 22.1. The Kier molecular flexibility index (Phi) is 2.51. The lowest BCUT2D eigenvalue weighted by molar-refractivity contribution is 0.122. The highest BCUT2D eigenvalue weighted by molar-refractivity contribution is 5.66. The highest BCUT2D eigenvalue weighted by atomic mass is 16.5. The fraction of sp³-hybridized carbons (Fsp3) is 0.571. The Bertz CT molecular complexity index is 422. The van der Waals surface area contributed by atoms with Crippen LogP contribution in [0.3, 0.4) is 0 Å². The standard InChI is InChI=1S/C14H20N2O/c1-14(2)10-15-13-4-3-11(9-12(13)14)16-5-7-17-8-6-16/h3-4,9,15H,5-8,10H2,1-2H3. The number of hydrogen-bond donors (Lipinski definition) is 1. The van der Waals surface area contributed by atoms with Gasteiger partial charge in [-0.25, -0.2) is 0 Å². The van der Waals surface area contributed by atoms with Crippen molar-refractivity contribution in [2.75, 3.05) is 43.1 Å². The van der Waals surface area contributed by atoms with Crippen molar-refractivity contribution in [1.82, 2.24) is 0 Å². The number of nitrogens with one attached hydrogen (secondary N) is 1. The molecule has 1 aromatic rings. The van der Waals surface area contributed by atoms with Crippen LogP contribution in [0.25, 0.3) is 0 Å². The quantitative estimate of drug-likeness (QED) is 0.803. The predicted octanol–water partition coefficient (Wildman–Crippen LogP) is 2.23. The Morgan fingerprint density at radius 1 is 1.24 bits per heavy atom. The van der Waals surface area contributed by atoms with Crippen LogP contribution in [0.2, 0.25) is 0 Å². The molecule has 92 valence electrons. The molecule has 2 aliphatic rings. The third-order valence-electron chi connectivity index (χ3n) is 3.83. The molecule has 3 heteroatoms. The van der Waals surface area contributed by atoms with Gasteiger partial charge in [-0.3, -0.25) is 0 Å². The minimum absolute atomic E-state index is 0.248. The monoisotopic (exact) mass is 232 g/mol. The maximum Gasteiger partial charge on any atom is 0.0642 e. The minimum Gasteiger partial charge on any atom is -0.384 e. The molecule has 0 aromatic heterocycles. The number of ether oxygens (including phenoxy) is 1. The molecule has 0 bridgehead atoms. The summed E-state index contributed by atoms with van der Waals surface area (Å²) < 4.78 is 5.40. The van der Waals surface area contributed by atoms with E-state index in [9.17, 15) is 0 Å². The molecule has 1 saturated heterocycles. The Hall–Kier alpha value is -1.22. The summed E-state index contributed by atoms with van der Waals surface area (Å²) in [6, 6.07) is 6.79. The van der Waals surface area contributed by atoms with Gasteiger partial charge in [0.05, 0.1) is 13.2 Å². The van der Waals surface area contributed by atoms with Crippen LogP contribution in [0.5, 0.6) is 0 Å². The molecule has 3 nitrogen and oxygen atoms in total. The van der Waals surface area contributed by atoms with Crippen LogP contribution in [0.15, 0.2) is 18.2 Å². The lowest BCUT2D eigenvalue weighted by Gasteiger charge is -2.30. The fourth-order valence-corrected chi connectivity index (χ4v) is 2.68. The molecule has 0 radical (unpaired) electrons. The van der Waals surface area contributed by atoms with E-state index in [0.717, 1.165) is 32.8 Å². The third kappa shape index (κ3) is 1.89. The molecule has 0 amide bonds. The molecular weight excluding hydrogens is 212 g/mol. The summed E-state index contributed by atoms with van der Waals surface area (Å²) >= 11 is 0. The first kappa shape index (κ1) is 10.9. The van der Waals surface area contributed by atoms with E-state index in [4.69, 9.17) is 4.74 Å². The highest BCUT2D eigenvalue weighted by Gasteiger charge is 2.30. The van der Waals surface area contributed by atoms with Crippen molar-refractivity contribution in [2.24, 2.45) is 0 Å². The van der Waals surface area contributed by atoms with Crippen molar-refractivity contribution in [3.05, 3.63) is 23.8 Å². The van der Waals surface area contributed by atoms with Crippen molar-refractivity contribution in [1.29, 1.82) is 0 Å². The molecule has 1 aromatic carbocycles. The summed E-state index contributed by atoms with van der Waals surface area (Å²) in [4.78, 5) is 2.41. The lowest BCUT2D eigenvalue weighted by Crippen LogP contribution is -2.36. The van der Waals surface area contributed by atoms with E-state index in [2.05, 4.69) is 42.3 Å². The maximum absolute atomic E-state index is 5.40. The Balaban J connectivity index is 1.92. The summed E-state index contributed by atoms with van der Waals surface area (Å²) in [5.74, 6) is 0. The number of morpholine rings is 1. The second kappa shape index (κ2) is 3.91. The van der Waals surface area contributed by atoms with Gasteiger partial charge in [-0.05, 0) is 23.8 Å². The van der Waals surface area contributed by atoms with Gasteiger partial charge in [0.1, 0.15) is 0 Å². The van der Waals surface area contributed by atoms with Gasteiger partial charge in [-0.2, -0.15) is 0 Å². The first-order valence-electron chi connectivity index (χ1n) is 6.38. The van der Waals surface area contributed by atoms with Gasteiger partial charge < -0.3 is 15.0 Å². The van der Waals surface area contributed by atoms with Crippen LogP contribution in [0.1, 0.15) is 19.4 Å². The van der Waals surface area contributed by atoms with Gasteiger partial charge in [0.25, 0.3) is 0 Å². The van der Waals surface area contributed by atoms with Gasteiger partial charge >= 0.3 is 0 Å². The van der Waals surface area contributed by atoms with Crippen LogP contribution in [-0.4, -0.2) is 32.8 Å². The van der Waals surface area contributed by atoms with E-state index in [1.165, 1.54) is 16.9 Å². The van der Waals surface area contributed by atoms with Crippen LogP contribution in [-0.2, 0) is 10.2 Å². The molecule has 2 heterocycles. The van der Waals surface area contributed by atoms with Crippen LogP contribution < -0.4 is 10.2 Å². The molecule has 0 saturated carbocycles. The molecule has 1 N–H and O–H groups in total. The van der Waals surface area contributed by atoms with Crippen LogP contribution >= 0.6 is 0 Å². The van der Waals surface area contributed by atoms with Gasteiger partial charge in [0.2, 0.25) is 0 Å². The first-order chi connectivity index (χ1) is 8.17. The predicted molar refractivity (Wildman–Crippen MR) is 71.0 cm³/mol. The maximum atomic E-state index is 5.40. The topological polar surface area (TPSA) is 24.5 Å². The Labute approximate surface area is 103 Å². The largest absolute Gasteiger partial charge is 0.384 e. The summed E-state index contributed by atoms with van der Waals surface area (Å²) in [7, 11) is 0. The molecule has 0 atom stereocenters. The van der Waals surface area contributed by atoms with Crippen molar-refractivity contribution in [3.63, 3.8) is 0 Å². The lowest BCUT2D eigenvalue weighted by atomic mass is 9.86. The van der Waals surface area contributed by atoms with Crippen molar-refractivity contribution >= 4 is 11.4 Å². The number of nitrogens with zero attached hydrogens (tertiary/aromatic N) is 1.